The molecule has 0 amide bonds. The molecule has 0 N–H and O–H groups in total. The molecular formula is C15H12F3N3. The molecule has 0 aliphatic heterocycles. The summed E-state index contributed by atoms with van der Waals surface area (Å²) in [4.78, 5) is 3.67. The molecule has 2 aromatic heterocycles. The third-order valence-electron chi connectivity index (χ3n) is 3.25. The molecular weight excluding hydrogens is 279 g/mol. The number of fused-ring (bicyclic) bond motifs is 1. The fourth-order valence-corrected chi connectivity index (χ4v) is 2.29. The molecule has 0 fully saturated rings. The van der Waals surface area contributed by atoms with E-state index in [2.05, 4.69) is 10.1 Å². The smallest absolute Gasteiger partial charge is 0.259 e. The van der Waals surface area contributed by atoms with Gasteiger partial charge in [0.05, 0.1) is 23.4 Å². The Labute approximate surface area is 119 Å². The van der Waals surface area contributed by atoms with Crippen molar-refractivity contribution in [2.24, 2.45) is 0 Å². The predicted octanol–water partition coefficient (Wildman–Crippen LogP) is 3.81. The van der Waals surface area contributed by atoms with Gasteiger partial charge in [-0.1, -0.05) is 24.3 Å². The lowest BCUT2D eigenvalue weighted by Crippen LogP contribution is -2.11. The molecule has 1 aromatic carbocycles. The lowest BCUT2D eigenvalue weighted by molar-refractivity contribution is -0.141. The maximum absolute atomic E-state index is 12.7. The summed E-state index contributed by atoms with van der Waals surface area (Å²) < 4.78 is 39.7. The maximum atomic E-state index is 12.7. The molecule has 0 spiro atoms. The van der Waals surface area contributed by atoms with Crippen molar-refractivity contribution in [1.29, 1.82) is 0 Å². The first-order valence-corrected chi connectivity index (χ1v) is 6.40. The first-order chi connectivity index (χ1) is 9.95. The van der Waals surface area contributed by atoms with Crippen LogP contribution >= 0.6 is 0 Å². The largest absolute Gasteiger partial charge is 0.433 e. The van der Waals surface area contributed by atoms with Crippen molar-refractivity contribution in [1.82, 2.24) is 14.8 Å². The molecule has 3 nitrogen and oxygen atoms in total. The first kappa shape index (κ1) is 13.6. The van der Waals surface area contributed by atoms with E-state index >= 15 is 0 Å². The van der Waals surface area contributed by atoms with Crippen LogP contribution in [-0.4, -0.2) is 14.8 Å². The van der Waals surface area contributed by atoms with E-state index in [-0.39, 0.29) is 6.54 Å². The summed E-state index contributed by atoms with van der Waals surface area (Å²) in [5, 5.41) is 5.36. The highest BCUT2D eigenvalue weighted by molar-refractivity contribution is 5.81. The Morgan fingerprint density at radius 2 is 1.81 bits per heavy atom. The van der Waals surface area contributed by atoms with Crippen LogP contribution < -0.4 is 0 Å². The van der Waals surface area contributed by atoms with Crippen molar-refractivity contribution >= 4 is 10.9 Å². The van der Waals surface area contributed by atoms with Crippen molar-refractivity contribution in [2.75, 3.05) is 0 Å². The van der Waals surface area contributed by atoms with Gasteiger partial charge in [0.2, 0.25) is 0 Å². The van der Waals surface area contributed by atoms with Crippen LogP contribution in [-0.2, 0) is 12.7 Å². The van der Waals surface area contributed by atoms with Gasteiger partial charge >= 0.3 is 6.18 Å². The van der Waals surface area contributed by atoms with E-state index in [1.807, 2.05) is 31.2 Å². The molecule has 0 saturated heterocycles. The molecule has 2 heterocycles. The third kappa shape index (κ3) is 2.61. The third-order valence-corrected chi connectivity index (χ3v) is 3.25. The summed E-state index contributed by atoms with van der Waals surface area (Å²) in [5.74, 6) is 0. The Morgan fingerprint density at radius 3 is 2.57 bits per heavy atom. The monoisotopic (exact) mass is 291 g/mol. The minimum Gasteiger partial charge on any atom is -0.259 e. The van der Waals surface area contributed by atoms with Crippen LogP contribution in [0.5, 0.6) is 0 Å². The number of hydrogen-bond donors (Lipinski definition) is 0. The number of alkyl halides is 3. The zero-order valence-corrected chi connectivity index (χ0v) is 11.2. The van der Waals surface area contributed by atoms with Gasteiger partial charge in [-0.2, -0.15) is 18.3 Å². The second kappa shape index (κ2) is 4.87. The summed E-state index contributed by atoms with van der Waals surface area (Å²) in [6.45, 7) is 2.08. The molecule has 3 aromatic rings. The zero-order valence-electron chi connectivity index (χ0n) is 11.2. The average Bonchev–Trinajstić information content (AvgIpc) is 2.76. The van der Waals surface area contributed by atoms with E-state index in [1.54, 1.807) is 10.7 Å². The number of aromatic nitrogens is 3. The number of para-hydroxylation sites is 1. The first-order valence-electron chi connectivity index (χ1n) is 6.40. The minimum atomic E-state index is -4.43. The van der Waals surface area contributed by atoms with E-state index in [4.69, 9.17) is 0 Å². The summed E-state index contributed by atoms with van der Waals surface area (Å²) in [5.41, 5.74) is 1.18. The van der Waals surface area contributed by atoms with Gasteiger partial charge in [-0.05, 0) is 25.1 Å². The second-order valence-corrected chi connectivity index (χ2v) is 4.77. The van der Waals surface area contributed by atoms with Crippen LogP contribution in [0.15, 0.2) is 42.5 Å². The van der Waals surface area contributed by atoms with Gasteiger partial charge in [0.15, 0.2) is 0 Å². The maximum Gasteiger partial charge on any atom is 0.433 e. The Hall–Kier alpha value is -2.37. The number of pyridine rings is 1. The highest BCUT2D eigenvalue weighted by Crippen LogP contribution is 2.27. The molecule has 0 aliphatic rings. The topological polar surface area (TPSA) is 30.7 Å². The standard InChI is InChI=1S/C15H12F3N3/c1-10-12-6-2-3-7-13(12)21(20-10)9-11-5-4-8-14(19-11)15(16,17)18/h2-8H,9H2,1H3. The highest BCUT2D eigenvalue weighted by atomic mass is 19.4. The predicted molar refractivity (Wildman–Crippen MR) is 72.8 cm³/mol. The Balaban J connectivity index is 1.99. The quantitative estimate of drug-likeness (QED) is 0.719. The molecule has 3 rings (SSSR count). The zero-order chi connectivity index (χ0) is 15.0. The SMILES string of the molecule is Cc1nn(Cc2cccc(C(F)(F)F)n2)c2ccccc12. The van der Waals surface area contributed by atoms with E-state index in [0.29, 0.717) is 5.69 Å². The van der Waals surface area contributed by atoms with Gasteiger partial charge in [0, 0.05) is 5.39 Å². The van der Waals surface area contributed by atoms with E-state index in [9.17, 15) is 13.2 Å². The van der Waals surface area contributed by atoms with Crippen molar-refractivity contribution in [3.63, 3.8) is 0 Å². The van der Waals surface area contributed by atoms with Crippen molar-refractivity contribution < 1.29 is 13.2 Å². The Morgan fingerprint density at radius 1 is 1.05 bits per heavy atom. The lowest BCUT2D eigenvalue weighted by Gasteiger charge is -2.08. The van der Waals surface area contributed by atoms with Crippen LogP contribution in [0.1, 0.15) is 17.1 Å². The molecule has 6 heteroatoms. The molecule has 21 heavy (non-hydrogen) atoms. The summed E-state index contributed by atoms with van der Waals surface area (Å²) in [6.07, 6.45) is -4.43. The second-order valence-electron chi connectivity index (χ2n) is 4.77. The Bertz CT molecular complexity index is 790. The van der Waals surface area contributed by atoms with Crippen LogP contribution in [0, 0.1) is 6.92 Å². The average molecular weight is 291 g/mol. The van der Waals surface area contributed by atoms with Crippen LogP contribution in [0.2, 0.25) is 0 Å². The summed E-state index contributed by atoms with van der Waals surface area (Å²) >= 11 is 0. The van der Waals surface area contributed by atoms with Gasteiger partial charge in [0.1, 0.15) is 5.69 Å². The molecule has 0 aliphatic carbocycles. The normalized spacial score (nSPS) is 12.0. The molecule has 0 saturated carbocycles. The van der Waals surface area contributed by atoms with Crippen molar-refractivity contribution in [3.05, 3.63) is 59.5 Å². The van der Waals surface area contributed by atoms with Crippen molar-refractivity contribution in [2.45, 2.75) is 19.6 Å². The molecule has 0 bridgehead atoms. The van der Waals surface area contributed by atoms with E-state index < -0.39 is 11.9 Å². The molecule has 108 valence electrons. The minimum absolute atomic E-state index is 0.207. The fourth-order valence-electron chi connectivity index (χ4n) is 2.29. The molecule has 0 atom stereocenters. The number of halogens is 3. The van der Waals surface area contributed by atoms with E-state index in [1.165, 1.54) is 6.07 Å². The Kier molecular flexibility index (Phi) is 3.16. The van der Waals surface area contributed by atoms with Gasteiger partial charge in [0.25, 0.3) is 0 Å². The molecule has 0 unspecified atom stereocenters. The number of nitrogens with zero attached hydrogens (tertiary/aromatic N) is 3. The van der Waals surface area contributed by atoms with Crippen LogP contribution in [0.25, 0.3) is 10.9 Å². The number of benzene rings is 1. The van der Waals surface area contributed by atoms with Crippen LogP contribution in [0.4, 0.5) is 13.2 Å². The summed E-state index contributed by atoms with van der Waals surface area (Å²) in [7, 11) is 0. The number of aryl methyl sites for hydroxylation is 1. The lowest BCUT2D eigenvalue weighted by atomic mass is 10.2. The highest BCUT2D eigenvalue weighted by Gasteiger charge is 2.32. The fraction of sp³-hybridized carbons (Fsp3) is 0.200. The van der Waals surface area contributed by atoms with Crippen LogP contribution in [0.3, 0.4) is 0 Å². The van der Waals surface area contributed by atoms with Gasteiger partial charge in [-0.15, -0.1) is 0 Å². The van der Waals surface area contributed by atoms with Gasteiger partial charge < -0.3 is 0 Å². The number of rotatable bonds is 2. The number of hydrogen-bond acceptors (Lipinski definition) is 2. The van der Waals surface area contributed by atoms with Crippen molar-refractivity contribution in [3.8, 4) is 0 Å². The van der Waals surface area contributed by atoms with E-state index in [0.717, 1.165) is 22.7 Å². The van der Waals surface area contributed by atoms with Gasteiger partial charge in [-0.25, -0.2) is 4.98 Å². The van der Waals surface area contributed by atoms with Gasteiger partial charge in [-0.3, -0.25) is 4.68 Å². The summed E-state index contributed by atoms with van der Waals surface area (Å²) in [6, 6.07) is 11.5. The molecule has 0 radical (unpaired) electrons.